The highest BCUT2D eigenvalue weighted by Gasteiger charge is 2.41. The maximum atomic E-state index is 13.5. The number of likely N-dealkylation sites (tertiary alicyclic amines) is 1. The summed E-state index contributed by atoms with van der Waals surface area (Å²) in [7, 11) is 0. The first kappa shape index (κ1) is 32.0. The van der Waals surface area contributed by atoms with Gasteiger partial charge in [-0.3, -0.25) is 40.6 Å². The lowest BCUT2D eigenvalue weighted by atomic mass is 10.2. The summed E-state index contributed by atoms with van der Waals surface area (Å²) in [5.74, 6) is -0.460. The van der Waals surface area contributed by atoms with Crippen molar-refractivity contribution < 1.29 is 33.7 Å². The van der Waals surface area contributed by atoms with Crippen molar-refractivity contribution >= 4 is 48.1 Å². The van der Waals surface area contributed by atoms with Gasteiger partial charge in [-0.15, -0.1) is 0 Å². The molecule has 44 heavy (non-hydrogen) atoms. The Kier molecular flexibility index (Phi) is 10.5. The Hall–Kier alpha value is -4.93. The SMILES string of the molecule is N=C(NC(=O)OCc1ccc([N+](=O)[O-])cc1)N1CCCN(C(=O)[C@@H]2C[C@H](S)CN2C(=O)OCc2ccc([N+](=O)[O-])cc2)CC1. The van der Waals surface area contributed by atoms with Crippen LogP contribution in [0.3, 0.4) is 0 Å². The molecule has 2 N–H and O–H groups in total. The number of nitro groups is 2. The Labute approximate surface area is 257 Å². The molecule has 2 saturated heterocycles. The Balaban J connectivity index is 1.25. The standard InChI is InChI=1S/C27H31N7O9S/c28-25(29-26(36)42-16-18-2-6-20(7-3-18)33(38)39)31-11-1-10-30(12-13-31)24(35)23-14-22(44)15-32(23)27(37)43-17-19-4-8-21(9-5-19)34(40)41/h2-9,22-23,44H,1,10-17H2,(H2,28,29,36)/t22-,23-/m0/s1. The van der Waals surface area contributed by atoms with Crippen molar-refractivity contribution in [3.8, 4) is 0 Å². The summed E-state index contributed by atoms with van der Waals surface area (Å²) in [6.07, 6.45) is -0.700. The number of benzene rings is 2. The van der Waals surface area contributed by atoms with Gasteiger partial charge in [0.15, 0.2) is 0 Å². The Morgan fingerprint density at radius 2 is 1.39 bits per heavy atom. The van der Waals surface area contributed by atoms with Crippen LogP contribution in [0.25, 0.3) is 0 Å². The molecule has 16 nitrogen and oxygen atoms in total. The molecule has 2 aliphatic heterocycles. The number of guanidine groups is 1. The predicted molar refractivity (Wildman–Crippen MR) is 158 cm³/mol. The highest BCUT2D eigenvalue weighted by atomic mass is 32.1. The molecular weight excluding hydrogens is 598 g/mol. The summed E-state index contributed by atoms with van der Waals surface area (Å²) in [6.45, 7) is 1.25. The molecule has 0 bridgehead atoms. The van der Waals surface area contributed by atoms with Crippen LogP contribution in [-0.4, -0.2) is 92.6 Å². The number of alkyl carbamates (subject to hydrolysis) is 1. The van der Waals surface area contributed by atoms with E-state index in [1.807, 2.05) is 0 Å². The van der Waals surface area contributed by atoms with Crippen molar-refractivity contribution in [2.24, 2.45) is 0 Å². The number of non-ortho nitro benzene ring substituents is 2. The number of carbonyl (C=O) groups is 3. The van der Waals surface area contributed by atoms with E-state index in [0.717, 1.165) is 0 Å². The summed E-state index contributed by atoms with van der Waals surface area (Å²) in [5, 5.41) is 32.0. The topological polar surface area (TPSA) is 202 Å². The Morgan fingerprint density at radius 1 is 0.864 bits per heavy atom. The zero-order valence-electron chi connectivity index (χ0n) is 23.5. The normalized spacial score (nSPS) is 18.2. The average Bonchev–Trinajstić information content (AvgIpc) is 3.23. The minimum absolute atomic E-state index is 0.0789. The van der Waals surface area contributed by atoms with Crippen LogP contribution in [0.5, 0.6) is 0 Å². The van der Waals surface area contributed by atoms with Crippen molar-refractivity contribution in [2.75, 3.05) is 32.7 Å². The molecule has 0 aromatic heterocycles. The van der Waals surface area contributed by atoms with Crippen molar-refractivity contribution in [3.63, 3.8) is 0 Å². The van der Waals surface area contributed by atoms with E-state index in [9.17, 15) is 34.6 Å². The van der Waals surface area contributed by atoms with Gasteiger partial charge in [0.1, 0.15) is 19.3 Å². The third-order valence-corrected chi connectivity index (χ3v) is 7.54. The van der Waals surface area contributed by atoms with Crippen LogP contribution in [-0.2, 0) is 27.5 Å². The monoisotopic (exact) mass is 629 g/mol. The maximum Gasteiger partial charge on any atom is 0.414 e. The van der Waals surface area contributed by atoms with Crippen LogP contribution in [0.2, 0.25) is 0 Å². The molecule has 0 saturated carbocycles. The van der Waals surface area contributed by atoms with Crippen LogP contribution < -0.4 is 5.32 Å². The third kappa shape index (κ3) is 8.33. The summed E-state index contributed by atoms with van der Waals surface area (Å²) >= 11 is 4.48. The van der Waals surface area contributed by atoms with E-state index in [4.69, 9.17) is 14.9 Å². The van der Waals surface area contributed by atoms with E-state index < -0.39 is 28.1 Å². The lowest BCUT2D eigenvalue weighted by Crippen LogP contribution is -2.49. The van der Waals surface area contributed by atoms with Gasteiger partial charge in [0.2, 0.25) is 11.9 Å². The van der Waals surface area contributed by atoms with Gasteiger partial charge in [-0.1, -0.05) is 0 Å². The summed E-state index contributed by atoms with van der Waals surface area (Å²) in [5.41, 5.74) is 0.942. The molecule has 0 unspecified atom stereocenters. The van der Waals surface area contributed by atoms with Crippen LogP contribution >= 0.6 is 12.6 Å². The van der Waals surface area contributed by atoms with E-state index in [1.165, 1.54) is 53.4 Å². The quantitative estimate of drug-likeness (QED) is 0.134. The van der Waals surface area contributed by atoms with Crippen LogP contribution in [0.15, 0.2) is 48.5 Å². The highest BCUT2D eigenvalue weighted by molar-refractivity contribution is 7.81. The number of thiol groups is 1. The number of nitro benzene ring substituents is 2. The molecule has 2 heterocycles. The fraction of sp³-hybridized carbons (Fsp3) is 0.407. The van der Waals surface area contributed by atoms with E-state index in [2.05, 4.69) is 17.9 Å². The fourth-order valence-corrected chi connectivity index (χ4v) is 5.21. The number of amides is 3. The number of rotatable bonds is 7. The summed E-state index contributed by atoms with van der Waals surface area (Å²) in [6, 6.07) is 10.4. The molecule has 3 amide bonds. The molecule has 0 spiro atoms. The van der Waals surface area contributed by atoms with Gasteiger partial charge < -0.3 is 19.3 Å². The molecule has 2 aromatic rings. The molecule has 4 rings (SSSR count). The minimum atomic E-state index is -0.862. The number of hydrogen-bond acceptors (Lipinski definition) is 11. The van der Waals surface area contributed by atoms with Crippen LogP contribution in [0, 0.1) is 25.6 Å². The smallest absolute Gasteiger partial charge is 0.414 e. The number of hydrogen-bond donors (Lipinski definition) is 3. The van der Waals surface area contributed by atoms with E-state index in [-0.39, 0.29) is 61.3 Å². The maximum absolute atomic E-state index is 13.5. The molecule has 2 atom stereocenters. The molecule has 0 radical (unpaired) electrons. The number of carbonyl (C=O) groups excluding carboxylic acids is 3. The lowest BCUT2D eigenvalue weighted by molar-refractivity contribution is -0.385. The Bertz CT molecular complexity index is 1410. The molecule has 2 fully saturated rings. The predicted octanol–water partition coefficient (Wildman–Crippen LogP) is 2.91. The van der Waals surface area contributed by atoms with Crippen molar-refractivity contribution in [1.29, 1.82) is 5.41 Å². The molecule has 0 aliphatic carbocycles. The molecular formula is C27H31N7O9S. The second-order valence-electron chi connectivity index (χ2n) is 10.2. The first-order chi connectivity index (χ1) is 21.0. The van der Waals surface area contributed by atoms with Gasteiger partial charge in [0.05, 0.1) is 9.85 Å². The number of ether oxygens (including phenoxy) is 2. The average molecular weight is 630 g/mol. The summed E-state index contributed by atoms with van der Waals surface area (Å²) in [4.78, 5) is 63.8. The molecule has 2 aromatic carbocycles. The second-order valence-corrected chi connectivity index (χ2v) is 10.9. The lowest BCUT2D eigenvalue weighted by Gasteiger charge is -2.29. The zero-order valence-corrected chi connectivity index (χ0v) is 24.4. The second kappa shape index (κ2) is 14.5. The molecule has 2 aliphatic rings. The van der Waals surface area contributed by atoms with Gasteiger partial charge in [-0.25, -0.2) is 9.59 Å². The van der Waals surface area contributed by atoms with Gasteiger partial charge in [0, 0.05) is 62.2 Å². The third-order valence-electron chi connectivity index (χ3n) is 7.17. The van der Waals surface area contributed by atoms with Gasteiger partial charge >= 0.3 is 12.2 Å². The van der Waals surface area contributed by atoms with Gasteiger partial charge in [0.25, 0.3) is 11.4 Å². The molecule has 234 valence electrons. The van der Waals surface area contributed by atoms with Crippen molar-refractivity contribution in [1.82, 2.24) is 20.0 Å². The van der Waals surface area contributed by atoms with Gasteiger partial charge in [-0.2, -0.15) is 12.6 Å². The number of nitrogens with one attached hydrogen (secondary N) is 2. The van der Waals surface area contributed by atoms with Crippen molar-refractivity contribution in [2.45, 2.75) is 37.3 Å². The van der Waals surface area contributed by atoms with E-state index in [1.54, 1.807) is 9.80 Å². The first-order valence-electron chi connectivity index (χ1n) is 13.7. The Morgan fingerprint density at radius 3 is 1.95 bits per heavy atom. The van der Waals surface area contributed by atoms with Crippen molar-refractivity contribution in [3.05, 3.63) is 79.9 Å². The summed E-state index contributed by atoms with van der Waals surface area (Å²) < 4.78 is 10.5. The largest absolute Gasteiger partial charge is 0.445 e. The number of nitrogens with zero attached hydrogens (tertiary/aromatic N) is 5. The zero-order chi connectivity index (χ0) is 31.8. The van der Waals surface area contributed by atoms with E-state index >= 15 is 0 Å². The fourth-order valence-electron chi connectivity index (χ4n) is 4.84. The minimum Gasteiger partial charge on any atom is -0.445 e. The van der Waals surface area contributed by atoms with Crippen LogP contribution in [0.4, 0.5) is 21.0 Å². The molecule has 17 heteroatoms. The first-order valence-corrected chi connectivity index (χ1v) is 14.2. The van der Waals surface area contributed by atoms with E-state index in [0.29, 0.717) is 37.1 Å². The van der Waals surface area contributed by atoms with Crippen LogP contribution in [0.1, 0.15) is 24.0 Å². The highest BCUT2D eigenvalue weighted by Crippen LogP contribution is 2.25. The van der Waals surface area contributed by atoms with Gasteiger partial charge in [-0.05, 0) is 48.2 Å².